The SMILES string of the molecule is CCCCCCCCCCCCCCCCCCC[n+]1ccn(-c2ccccc2)c1CCCCCCCC. The molecule has 0 amide bonds. The number of nitrogens with zero attached hydrogens (tertiary/aromatic N) is 2. The predicted octanol–water partition coefficient (Wildman–Crippen LogP) is 11.3. The van der Waals surface area contributed by atoms with Gasteiger partial charge in [-0.15, -0.1) is 0 Å². The minimum Gasteiger partial charge on any atom is -0.234 e. The second-order valence-corrected chi connectivity index (χ2v) is 11.8. The molecular formula is C36H63N2+. The molecule has 2 aromatic rings. The fraction of sp³-hybridized carbons (Fsp3) is 0.750. The summed E-state index contributed by atoms with van der Waals surface area (Å²) in [6.45, 7) is 5.77. The fourth-order valence-electron chi connectivity index (χ4n) is 5.82. The first kappa shape index (κ1) is 32.6. The molecular weight excluding hydrogens is 460 g/mol. The predicted molar refractivity (Wildman–Crippen MR) is 167 cm³/mol. The number of hydrogen-bond acceptors (Lipinski definition) is 0. The van der Waals surface area contributed by atoms with E-state index in [2.05, 4.69) is 65.7 Å². The Kier molecular flexibility index (Phi) is 20.0. The third kappa shape index (κ3) is 15.1. The molecule has 0 saturated carbocycles. The molecule has 0 unspecified atom stereocenters. The van der Waals surface area contributed by atoms with Crippen molar-refractivity contribution in [2.45, 2.75) is 174 Å². The lowest BCUT2D eigenvalue weighted by Crippen LogP contribution is -2.37. The average molecular weight is 524 g/mol. The molecule has 0 aliphatic heterocycles. The molecule has 1 aromatic heterocycles. The van der Waals surface area contributed by atoms with Gasteiger partial charge in [0.2, 0.25) is 0 Å². The van der Waals surface area contributed by atoms with Crippen molar-refractivity contribution in [1.82, 2.24) is 4.57 Å². The van der Waals surface area contributed by atoms with Gasteiger partial charge in [-0.1, -0.05) is 160 Å². The molecule has 0 spiro atoms. The molecule has 1 heterocycles. The Labute approximate surface area is 237 Å². The van der Waals surface area contributed by atoms with E-state index < -0.39 is 0 Å². The number of unbranched alkanes of at least 4 members (excludes halogenated alkanes) is 21. The normalized spacial score (nSPS) is 11.4. The molecule has 2 heteroatoms. The third-order valence-corrected chi connectivity index (χ3v) is 8.30. The van der Waals surface area contributed by atoms with E-state index in [4.69, 9.17) is 0 Å². The monoisotopic (exact) mass is 523 g/mol. The fourth-order valence-corrected chi connectivity index (χ4v) is 5.82. The van der Waals surface area contributed by atoms with Gasteiger partial charge in [-0.2, -0.15) is 4.57 Å². The molecule has 1 aromatic carbocycles. The van der Waals surface area contributed by atoms with Gasteiger partial charge in [0.15, 0.2) is 0 Å². The Morgan fingerprint density at radius 3 is 1.39 bits per heavy atom. The Morgan fingerprint density at radius 1 is 0.500 bits per heavy atom. The summed E-state index contributed by atoms with van der Waals surface area (Å²) in [5.74, 6) is 1.49. The van der Waals surface area contributed by atoms with Crippen LogP contribution in [0, 0.1) is 0 Å². The van der Waals surface area contributed by atoms with Crippen LogP contribution >= 0.6 is 0 Å². The van der Waals surface area contributed by atoms with Gasteiger partial charge < -0.3 is 0 Å². The number of aromatic nitrogens is 2. The van der Waals surface area contributed by atoms with Crippen LogP contribution in [0.4, 0.5) is 0 Å². The highest BCUT2D eigenvalue weighted by Gasteiger charge is 2.18. The largest absolute Gasteiger partial charge is 0.261 e. The van der Waals surface area contributed by atoms with Gasteiger partial charge in [-0.25, -0.2) is 4.57 Å². The molecule has 2 rings (SSSR count). The first-order valence-electron chi connectivity index (χ1n) is 17.0. The maximum absolute atomic E-state index is 2.55. The van der Waals surface area contributed by atoms with Gasteiger partial charge in [-0.3, -0.25) is 0 Å². The molecule has 0 radical (unpaired) electrons. The summed E-state index contributed by atoms with van der Waals surface area (Å²) >= 11 is 0. The van der Waals surface area contributed by atoms with Crippen LogP contribution in [-0.2, 0) is 13.0 Å². The molecule has 0 aliphatic rings. The molecule has 216 valence electrons. The van der Waals surface area contributed by atoms with Crippen LogP contribution in [0.1, 0.15) is 167 Å². The van der Waals surface area contributed by atoms with Gasteiger partial charge in [0.1, 0.15) is 18.1 Å². The Morgan fingerprint density at radius 2 is 0.921 bits per heavy atom. The van der Waals surface area contributed by atoms with Gasteiger partial charge in [0, 0.05) is 6.42 Å². The maximum atomic E-state index is 2.55. The summed E-state index contributed by atoms with van der Waals surface area (Å²) in [6, 6.07) is 10.9. The lowest BCUT2D eigenvalue weighted by molar-refractivity contribution is -0.704. The van der Waals surface area contributed by atoms with Crippen LogP contribution < -0.4 is 4.57 Å². The first-order valence-corrected chi connectivity index (χ1v) is 17.0. The van der Waals surface area contributed by atoms with E-state index in [0.29, 0.717) is 0 Å². The van der Waals surface area contributed by atoms with Crippen LogP contribution in [0.2, 0.25) is 0 Å². The maximum Gasteiger partial charge on any atom is 0.261 e. The van der Waals surface area contributed by atoms with E-state index in [0.717, 1.165) is 0 Å². The summed E-state index contributed by atoms with van der Waals surface area (Å²) in [7, 11) is 0. The second kappa shape index (κ2) is 23.3. The molecule has 0 N–H and O–H groups in total. The van der Waals surface area contributed by atoms with E-state index in [9.17, 15) is 0 Å². The highest BCUT2D eigenvalue weighted by molar-refractivity contribution is 5.31. The third-order valence-electron chi connectivity index (χ3n) is 8.30. The lowest BCUT2D eigenvalue weighted by Gasteiger charge is -2.06. The smallest absolute Gasteiger partial charge is 0.234 e. The summed E-state index contributed by atoms with van der Waals surface area (Å²) in [6.07, 6.45) is 38.4. The van der Waals surface area contributed by atoms with Crippen molar-refractivity contribution >= 4 is 0 Å². The van der Waals surface area contributed by atoms with Gasteiger partial charge >= 0.3 is 0 Å². The standard InChI is InChI=1S/C36H63N2/c1-3-5-7-9-11-12-13-14-15-16-17-18-19-20-21-23-28-32-37-33-34-38(35-29-25-24-26-30-35)36(37)31-27-22-10-8-6-4-2/h24-26,29-30,33-34H,3-23,27-28,31-32H2,1-2H3/q+1. The van der Waals surface area contributed by atoms with Crippen LogP contribution in [0.3, 0.4) is 0 Å². The molecule has 0 aliphatic carbocycles. The Bertz CT molecular complexity index is 763. The van der Waals surface area contributed by atoms with Crippen molar-refractivity contribution in [2.24, 2.45) is 0 Å². The van der Waals surface area contributed by atoms with E-state index in [-0.39, 0.29) is 0 Å². The number of benzene rings is 1. The highest BCUT2D eigenvalue weighted by atomic mass is 15.1. The van der Waals surface area contributed by atoms with Crippen molar-refractivity contribution < 1.29 is 4.57 Å². The first-order chi connectivity index (χ1) is 18.9. The number of aryl methyl sites for hydroxylation is 1. The minimum absolute atomic E-state index is 1.17. The van der Waals surface area contributed by atoms with Crippen LogP contribution in [0.15, 0.2) is 42.7 Å². The van der Waals surface area contributed by atoms with Crippen LogP contribution in [0.25, 0.3) is 5.69 Å². The number of para-hydroxylation sites is 1. The summed E-state index contributed by atoms with van der Waals surface area (Å²) in [4.78, 5) is 0. The van der Waals surface area contributed by atoms with Crippen molar-refractivity contribution in [1.29, 1.82) is 0 Å². The minimum atomic E-state index is 1.17. The molecule has 0 fully saturated rings. The lowest BCUT2D eigenvalue weighted by atomic mass is 10.0. The zero-order chi connectivity index (χ0) is 26.9. The molecule has 0 atom stereocenters. The number of hydrogen-bond donors (Lipinski definition) is 0. The molecule has 0 saturated heterocycles. The number of rotatable bonds is 26. The van der Waals surface area contributed by atoms with Crippen molar-refractivity contribution in [2.75, 3.05) is 0 Å². The van der Waals surface area contributed by atoms with Gasteiger partial charge in [-0.05, 0) is 31.4 Å². The number of imidazole rings is 1. The van der Waals surface area contributed by atoms with E-state index in [1.54, 1.807) is 0 Å². The van der Waals surface area contributed by atoms with Crippen molar-refractivity contribution in [3.05, 3.63) is 48.5 Å². The van der Waals surface area contributed by atoms with E-state index in [1.807, 2.05) is 0 Å². The Hall–Kier alpha value is -1.57. The molecule has 38 heavy (non-hydrogen) atoms. The highest BCUT2D eigenvalue weighted by Crippen LogP contribution is 2.16. The Balaban J connectivity index is 1.54. The molecule has 2 nitrogen and oxygen atoms in total. The summed E-state index contributed by atoms with van der Waals surface area (Å²) in [5.41, 5.74) is 1.30. The van der Waals surface area contributed by atoms with Gasteiger partial charge in [0.25, 0.3) is 5.82 Å². The summed E-state index contributed by atoms with van der Waals surface area (Å²) in [5, 5.41) is 0. The second-order valence-electron chi connectivity index (χ2n) is 11.8. The topological polar surface area (TPSA) is 8.81 Å². The average Bonchev–Trinajstić information content (AvgIpc) is 3.35. The molecule has 0 bridgehead atoms. The van der Waals surface area contributed by atoms with Crippen LogP contribution in [-0.4, -0.2) is 4.57 Å². The zero-order valence-corrected chi connectivity index (χ0v) is 25.6. The van der Waals surface area contributed by atoms with E-state index >= 15 is 0 Å². The van der Waals surface area contributed by atoms with Crippen molar-refractivity contribution in [3.63, 3.8) is 0 Å². The van der Waals surface area contributed by atoms with Crippen LogP contribution in [0.5, 0.6) is 0 Å². The van der Waals surface area contributed by atoms with Gasteiger partial charge in [0.05, 0.1) is 6.54 Å². The van der Waals surface area contributed by atoms with E-state index in [1.165, 1.54) is 172 Å². The zero-order valence-electron chi connectivity index (χ0n) is 25.6. The van der Waals surface area contributed by atoms with Crippen molar-refractivity contribution in [3.8, 4) is 5.69 Å². The quantitative estimate of drug-likeness (QED) is 0.0856. The summed E-state index contributed by atoms with van der Waals surface area (Å²) < 4.78 is 4.98.